The quantitative estimate of drug-likeness (QED) is 0.257. The molecule has 1 aliphatic rings. The van der Waals surface area contributed by atoms with Gasteiger partial charge in [0, 0.05) is 43.2 Å². The lowest BCUT2D eigenvalue weighted by Crippen LogP contribution is -2.35. The van der Waals surface area contributed by atoms with Crippen molar-refractivity contribution in [3.8, 4) is 17.0 Å². The van der Waals surface area contributed by atoms with Crippen LogP contribution in [-0.4, -0.2) is 67.1 Å². The maximum absolute atomic E-state index is 15.6. The van der Waals surface area contributed by atoms with Crippen molar-refractivity contribution in [2.24, 2.45) is 0 Å². The standard InChI is InChI=1S/C26H22ClF3N6O5S/c1-41-26-18(11-13(27)12-32-26)42(39,40)35-17-7-6-16(28)20(22(17)30)14-4-5-15-23(21(14)29)33-34-24(15)25(38)31-8-10-36-9-2-3-19(36)37/h4-7,11-12,35H,2-3,8-10H2,1H3,(H,31,38)(H,33,34). The van der Waals surface area contributed by atoms with Crippen molar-refractivity contribution >= 4 is 50.0 Å². The Hall–Kier alpha value is -4.37. The van der Waals surface area contributed by atoms with Crippen molar-refractivity contribution in [2.75, 3.05) is 31.5 Å². The highest BCUT2D eigenvalue weighted by Gasteiger charge is 2.27. The SMILES string of the molecule is COc1ncc(Cl)cc1S(=O)(=O)Nc1ccc(F)c(-c2ccc3c(C(=O)NCCN4CCCC4=O)n[nH]c3c2F)c1F. The number of hydrogen-bond acceptors (Lipinski definition) is 7. The monoisotopic (exact) mass is 622 g/mol. The van der Waals surface area contributed by atoms with E-state index in [9.17, 15) is 22.4 Å². The molecular weight excluding hydrogens is 601 g/mol. The number of anilines is 1. The minimum atomic E-state index is -4.54. The van der Waals surface area contributed by atoms with E-state index >= 15 is 8.78 Å². The second-order valence-corrected chi connectivity index (χ2v) is 11.3. The molecule has 0 radical (unpaired) electrons. The third-order valence-corrected chi connectivity index (χ3v) is 8.17. The zero-order valence-electron chi connectivity index (χ0n) is 21.8. The summed E-state index contributed by atoms with van der Waals surface area (Å²) in [6, 6.07) is 4.94. The van der Waals surface area contributed by atoms with Gasteiger partial charge in [-0.05, 0) is 30.7 Å². The molecule has 5 rings (SSSR count). The van der Waals surface area contributed by atoms with Gasteiger partial charge in [-0.2, -0.15) is 5.10 Å². The molecule has 2 amide bonds. The lowest BCUT2D eigenvalue weighted by molar-refractivity contribution is -0.127. The van der Waals surface area contributed by atoms with E-state index in [-0.39, 0.29) is 40.0 Å². The summed E-state index contributed by atoms with van der Waals surface area (Å²) >= 11 is 5.86. The molecular formula is C26H22ClF3N6O5S. The van der Waals surface area contributed by atoms with Gasteiger partial charge >= 0.3 is 0 Å². The fraction of sp³-hybridized carbons (Fsp3) is 0.231. The second kappa shape index (κ2) is 11.5. The van der Waals surface area contributed by atoms with Crippen LogP contribution in [0.2, 0.25) is 5.02 Å². The molecule has 42 heavy (non-hydrogen) atoms. The predicted octanol–water partition coefficient (Wildman–Crippen LogP) is 3.86. The van der Waals surface area contributed by atoms with E-state index in [0.29, 0.717) is 19.5 Å². The van der Waals surface area contributed by atoms with Gasteiger partial charge in [-0.15, -0.1) is 0 Å². The molecule has 0 saturated carbocycles. The normalized spacial score (nSPS) is 13.5. The molecule has 0 unspecified atom stereocenters. The number of hydrogen-bond donors (Lipinski definition) is 3. The molecule has 3 heterocycles. The number of rotatable bonds is 9. The molecule has 1 aliphatic heterocycles. The Morgan fingerprint density at radius 3 is 2.69 bits per heavy atom. The molecule has 1 fully saturated rings. The van der Waals surface area contributed by atoms with Crippen LogP contribution in [-0.2, 0) is 14.8 Å². The van der Waals surface area contributed by atoms with Crippen LogP contribution >= 0.6 is 11.6 Å². The highest BCUT2D eigenvalue weighted by atomic mass is 35.5. The molecule has 16 heteroatoms. The minimum absolute atomic E-state index is 0.00148. The molecule has 3 N–H and O–H groups in total. The Morgan fingerprint density at radius 2 is 1.98 bits per heavy atom. The van der Waals surface area contributed by atoms with E-state index in [1.165, 1.54) is 13.2 Å². The van der Waals surface area contributed by atoms with Crippen LogP contribution in [0.4, 0.5) is 18.9 Å². The number of amides is 2. The first kappa shape index (κ1) is 29.1. The maximum atomic E-state index is 15.6. The summed E-state index contributed by atoms with van der Waals surface area (Å²) in [6.07, 6.45) is 2.36. The Bertz CT molecular complexity index is 1830. The van der Waals surface area contributed by atoms with Gasteiger partial charge < -0.3 is 15.0 Å². The summed E-state index contributed by atoms with van der Waals surface area (Å²) in [5, 5.41) is 8.86. The summed E-state index contributed by atoms with van der Waals surface area (Å²) < 4.78 is 79.1. The molecule has 2 aromatic carbocycles. The number of nitrogens with one attached hydrogen (secondary N) is 3. The molecule has 11 nitrogen and oxygen atoms in total. The fourth-order valence-electron chi connectivity index (χ4n) is 4.58. The number of likely N-dealkylation sites (tertiary alicyclic amines) is 1. The third-order valence-electron chi connectivity index (χ3n) is 6.60. The van der Waals surface area contributed by atoms with E-state index in [1.54, 1.807) is 4.90 Å². The lowest BCUT2D eigenvalue weighted by Gasteiger charge is -2.15. The number of sulfonamides is 1. The number of halogens is 4. The van der Waals surface area contributed by atoms with Crippen LogP contribution in [0.15, 0.2) is 41.4 Å². The van der Waals surface area contributed by atoms with Crippen LogP contribution in [0.25, 0.3) is 22.0 Å². The highest BCUT2D eigenvalue weighted by molar-refractivity contribution is 7.92. The summed E-state index contributed by atoms with van der Waals surface area (Å²) in [7, 11) is -3.37. The maximum Gasteiger partial charge on any atom is 0.272 e. The first-order valence-corrected chi connectivity index (χ1v) is 14.3. The van der Waals surface area contributed by atoms with Crippen molar-refractivity contribution in [3.05, 3.63) is 64.7 Å². The molecule has 2 aromatic heterocycles. The van der Waals surface area contributed by atoms with Crippen molar-refractivity contribution in [1.29, 1.82) is 0 Å². The van der Waals surface area contributed by atoms with Gasteiger partial charge in [-0.1, -0.05) is 17.7 Å². The summed E-state index contributed by atoms with van der Waals surface area (Å²) in [5.41, 5.74) is -2.55. The molecule has 1 saturated heterocycles. The number of methoxy groups -OCH3 is 1. The first-order chi connectivity index (χ1) is 20.0. The zero-order valence-corrected chi connectivity index (χ0v) is 23.4. The van der Waals surface area contributed by atoms with Gasteiger partial charge in [-0.25, -0.2) is 26.6 Å². The van der Waals surface area contributed by atoms with E-state index in [1.807, 2.05) is 4.72 Å². The number of carbonyl (C=O) groups is 2. The molecule has 0 bridgehead atoms. The van der Waals surface area contributed by atoms with Crippen molar-refractivity contribution < 1.29 is 35.9 Å². The van der Waals surface area contributed by atoms with Crippen LogP contribution in [0.1, 0.15) is 23.3 Å². The van der Waals surface area contributed by atoms with Gasteiger partial charge in [0.1, 0.15) is 11.3 Å². The van der Waals surface area contributed by atoms with E-state index in [0.717, 1.165) is 36.9 Å². The molecule has 220 valence electrons. The first-order valence-electron chi connectivity index (χ1n) is 12.4. The van der Waals surface area contributed by atoms with Crippen LogP contribution in [0.3, 0.4) is 0 Å². The Labute approximate surface area is 242 Å². The summed E-state index contributed by atoms with van der Waals surface area (Å²) in [6.45, 7) is 1.07. The average Bonchev–Trinajstić information content (AvgIpc) is 3.58. The largest absolute Gasteiger partial charge is 0.480 e. The molecule has 0 aliphatic carbocycles. The minimum Gasteiger partial charge on any atom is -0.480 e. The fourth-order valence-corrected chi connectivity index (χ4v) is 6.01. The van der Waals surface area contributed by atoms with Gasteiger partial charge in [0.15, 0.2) is 22.2 Å². The number of aromatic nitrogens is 3. The smallest absolute Gasteiger partial charge is 0.272 e. The van der Waals surface area contributed by atoms with Crippen molar-refractivity contribution in [1.82, 2.24) is 25.4 Å². The number of aromatic amines is 1. The van der Waals surface area contributed by atoms with Gasteiger partial charge in [0.05, 0.1) is 23.4 Å². The predicted molar refractivity (Wildman–Crippen MR) is 146 cm³/mol. The van der Waals surface area contributed by atoms with E-state index in [4.69, 9.17) is 16.3 Å². The summed E-state index contributed by atoms with van der Waals surface area (Å²) in [4.78, 5) is 29.3. The van der Waals surface area contributed by atoms with Gasteiger partial charge in [-0.3, -0.25) is 19.4 Å². The number of benzene rings is 2. The van der Waals surface area contributed by atoms with E-state index < -0.39 is 55.1 Å². The van der Waals surface area contributed by atoms with Crippen LogP contribution in [0, 0.1) is 17.5 Å². The van der Waals surface area contributed by atoms with Crippen molar-refractivity contribution in [2.45, 2.75) is 17.7 Å². The Morgan fingerprint density at radius 1 is 1.19 bits per heavy atom. The zero-order chi connectivity index (χ0) is 30.2. The van der Waals surface area contributed by atoms with Gasteiger partial charge in [0.25, 0.3) is 15.9 Å². The van der Waals surface area contributed by atoms with Gasteiger partial charge in [0.2, 0.25) is 11.8 Å². The van der Waals surface area contributed by atoms with E-state index in [2.05, 4.69) is 20.5 Å². The molecule has 0 atom stereocenters. The number of pyridine rings is 1. The van der Waals surface area contributed by atoms with Crippen LogP contribution in [0.5, 0.6) is 5.88 Å². The topological polar surface area (TPSA) is 146 Å². The Kier molecular flexibility index (Phi) is 7.97. The number of nitrogens with zero attached hydrogens (tertiary/aromatic N) is 3. The number of fused-ring (bicyclic) bond motifs is 1. The molecule has 4 aromatic rings. The van der Waals surface area contributed by atoms with Crippen molar-refractivity contribution in [3.63, 3.8) is 0 Å². The number of ether oxygens (including phenoxy) is 1. The third kappa shape index (κ3) is 5.44. The summed E-state index contributed by atoms with van der Waals surface area (Å²) in [5.74, 6) is -4.67. The number of carbonyl (C=O) groups excluding carboxylic acids is 2. The Balaban J connectivity index is 1.44. The second-order valence-electron chi connectivity index (χ2n) is 9.21. The average molecular weight is 623 g/mol. The number of H-pyrrole nitrogens is 1. The van der Waals surface area contributed by atoms with Crippen LogP contribution < -0.4 is 14.8 Å². The lowest BCUT2D eigenvalue weighted by atomic mass is 10.0. The highest BCUT2D eigenvalue weighted by Crippen LogP contribution is 2.36. The molecule has 0 spiro atoms.